The van der Waals surface area contributed by atoms with Gasteiger partial charge in [0.1, 0.15) is 0 Å². The van der Waals surface area contributed by atoms with Gasteiger partial charge in [-0.1, -0.05) is 44.4 Å². The van der Waals surface area contributed by atoms with Crippen molar-refractivity contribution in [1.29, 1.82) is 0 Å². The molecule has 2 aliphatic rings. The summed E-state index contributed by atoms with van der Waals surface area (Å²) in [5.74, 6) is 0.855. The average molecular weight is 257 g/mol. The van der Waals surface area contributed by atoms with Crippen molar-refractivity contribution in [3.05, 3.63) is 34.9 Å². The minimum atomic E-state index is 0.594. The van der Waals surface area contributed by atoms with Gasteiger partial charge in [-0.05, 0) is 61.3 Å². The fourth-order valence-corrected chi connectivity index (χ4v) is 4.03. The van der Waals surface area contributed by atoms with Crippen molar-refractivity contribution in [2.45, 2.75) is 64.3 Å². The van der Waals surface area contributed by atoms with E-state index >= 15 is 0 Å². The summed E-state index contributed by atoms with van der Waals surface area (Å²) >= 11 is 0. The molecule has 1 nitrogen and oxygen atoms in total. The highest BCUT2D eigenvalue weighted by atomic mass is 14.9. The normalized spacial score (nSPS) is 21.3. The van der Waals surface area contributed by atoms with Crippen LogP contribution in [0.3, 0.4) is 0 Å². The van der Waals surface area contributed by atoms with Crippen molar-refractivity contribution in [3.63, 3.8) is 0 Å². The summed E-state index contributed by atoms with van der Waals surface area (Å²) in [5, 5.41) is 3.76. The van der Waals surface area contributed by atoms with Gasteiger partial charge in [0.25, 0.3) is 0 Å². The summed E-state index contributed by atoms with van der Waals surface area (Å²) < 4.78 is 0. The van der Waals surface area contributed by atoms with Crippen LogP contribution in [0.25, 0.3) is 0 Å². The van der Waals surface area contributed by atoms with Gasteiger partial charge < -0.3 is 5.32 Å². The van der Waals surface area contributed by atoms with Crippen molar-refractivity contribution in [2.75, 3.05) is 6.54 Å². The molecule has 0 aliphatic heterocycles. The van der Waals surface area contributed by atoms with Gasteiger partial charge in [0, 0.05) is 6.04 Å². The van der Waals surface area contributed by atoms with Crippen LogP contribution in [-0.2, 0) is 12.8 Å². The average Bonchev–Trinajstić information content (AvgIpc) is 2.93. The molecule has 0 radical (unpaired) electrons. The van der Waals surface area contributed by atoms with E-state index in [1.54, 1.807) is 16.7 Å². The summed E-state index contributed by atoms with van der Waals surface area (Å²) in [5.41, 5.74) is 4.77. The Kier molecular flexibility index (Phi) is 4.22. The van der Waals surface area contributed by atoms with Crippen LogP contribution < -0.4 is 5.32 Å². The van der Waals surface area contributed by atoms with Crippen molar-refractivity contribution in [1.82, 2.24) is 5.32 Å². The van der Waals surface area contributed by atoms with Gasteiger partial charge in [-0.15, -0.1) is 0 Å². The van der Waals surface area contributed by atoms with Gasteiger partial charge in [0.2, 0.25) is 0 Å². The van der Waals surface area contributed by atoms with Crippen LogP contribution in [0.4, 0.5) is 0 Å². The molecule has 0 saturated heterocycles. The third kappa shape index (κ3) is 2.86. The zero-order valence-electron chi connectivity index (χ0n) is 12.3. The van der Waals surface area contributed by atoms with Gasteiger partial charge in [0.05, 0.1) is 0 Å². The minimum Gasteiger partial charge on any atom is -0.310 e. The van der Waals surface area contributed by atoms with Crippen molar-refractivity contribution in [3.8, 4) is 0 Å². The van der Waals surface area contributed by atoms with Crippen molar-refractivity contribution < 1.29 is 0 Å². The molecule has 104 valence electrons. The smallest absolute Gasteiger partial charge is 0.0348 e. The fourth-order valence-electron chi connectivity index (χ4n) is 4.03. The lowest BCUT2D eigenvalue weighted by molar-refractivity contribution is 0.274. The molecule has 1 fully saturated rings. The molecule has 1 atom stereocenters. The summed E-state index contributed by atoms with van der Waals surface area (Å²) in [6.07, 6.45) is 11.1. The van der Waals surface area contributed by atoms with Gasteiger partial charge in [0.15, 0.2) is 0 Å². The topological polar surface area (TPSA) is 12.0 Å². The second kappa shape index (κ2) is 6.09. The van der Waals surface area contributed by atoms with Crippen LogP contribution in [0.2, 0.25) is 0 Å². The fraction of sp³-hybridized carbons (Fsp3) is 0.667. The molecular weight excluding hydrogens is 230 g/mol. The molecule has 1 saturated carbocycles. The number of nitrogens with one attached hydrogen (secondary N) is 1. The number of rotatable bonds is 4. The predicted octanol–water partition coefficient (Wildman–Crippen LogP) is 4.41. The van der Waals surface area contributed by atoms with Crippen molar-refractivity contribution in [2.24, 2.45) is 5.92 Å². The maximum Gasteiger partial charge on any atom is 0.0348 e. The van der Waals surface area contributed by atoms with Crippen molar-refractivity contribution >= 4 is 0 Å². The van der Waals surface area contributed by atoms with E-state index in [9.17, 15) is 0 Å². The molecule has 0 bridgehead atoms. The zero-order chi connectivity index (χ0) is 13.1. The second-order valence-corrected chi connectivity index (χ2v) is 6.32. The Labute approximate surface area is 117 Å². The van der Waals surface area contributed by atoms with E-state index in [1.807, 2.05) is 0 Å². The quantitative estimate of drug-likeness (QED) is 0.842. The molecule has 0 aromatic heterocycles. The summed E-state index contributed by atoms with van der Waals surface area (Å²) in [4.78, 5) is 0. The molecule has 1 N–H and O–H groups in total. The van der Waals surface area contributed by atoms with Gasteiger partial charge in [-0.3, -0.25) is 0 Å². The molecule has 1 heteroatoms. The van der Waals surface area contributed by atoms with Gasteiger partial charge in [-0.25, -0.2) is 0 Å². The van der Waals surface area contributed by atoms with E-state index in [1.165, 1.54) is 51.4 Å². The minimum absolute atomic E-state index is 0.594. The van der Waals surface area contributed by atoms with E-state index < -0.39 is 0 Å². The third-order valence-electron chi connectivity index (χ3n) is 5.03. The van der Waals surface area contributed by atoms with Gasteiger partial charge in [-0.2, -0.15) is 0 Å². The molecule has 1 aromatic carbocycles. The highest BCUT2D eigenvalue weighted by molar-refractivity contribution is 5.36. The van der Waals surface area contributed by atoms with Crippen LogP contribution >= 0.6 is 0 Å². The number of fused-ring (bicyclic) bond motifs is 1. The third-order valence-corrected chi connectivity index (χ3v) is 5.03. The Balaban J connectivity index is 1.82. The van der Waals surface area contributed by atoms with Crippen LogP contribution in [0.1, 0.15) is 68.2 Å². The van der Waals surface area contributed by atoms with Gasteiger partial charge >= 0.3 is 0 Å². The molecule has 0 amide bonds. The van der Waals surface area contributed by atoms with E-state index in [0.717, 1.165) is 12.5 Å². The first-order valence-electron chi connectivity index (χ1n) is 8.23. The number of benzene rings is 1. The Hall–Kier alpha value is -0.820. The van der Waals surface area contributed by atoms with Crippen LogP contribution in [-0.4, -0.2) is 6.54 Å². The first kappa shape index (κ1) is 13.2. The molecule has 1 aromatic rings. The Bertz CT molecular complexity index is 418. The first-order valence-corrected chi connectivity index (χ1v) is 8.23. The molecule has 0 heterocycles. The predicted molar refractivity (Wildman–Crippen MR) is 81.5 cm³/mol. The van der Waals surface area contributed by atoms with Crippen LogP contribution in [0.5, 0.6) is 0 Å². The number of hydrogen-bond donors (Lipinski definition) is 1. The molecule has 19 heavy (non-hydrogen) atoms. The first-order chi connectivity index (χ1) is 9.38. The van der Waals surface area contributed by atoms with E-state index in [0.29, 0.717) is 6.04 Å². The summed E-state index contributed by atoms with van der Waals surface area (Å²) in [7, 11) is 0. The summed E-state index contributed by atoms with van der Waals surface area (Å²) in [6, 6.07) is 7.89. The maximum absolute atomic E-state index is 3.76. The van der Waals surface area contributed by atoms with Crippen LogP contribution in [0, 0.1) is 5.92 Å². The molecule has 1 unspecified atom stereocenters. The standard InChI is InChI=1S/C18H27N/c1-2-19-18(15-7-4-3-5-8-15)17-12-11-14-9-6-10-16(14)13-17/h11-13,15,18-19H,2-10H2,1H3. The van der Waals surface area contributed by atoms with E-state index in [4.69, 9.17) is 0 Å². The molecule has 2 aliphatic carbocycles. The number of hydrogen-bond acceptors (Lipinski definition) is 1. The van der Waals surface area contributed by atoms with E-state index in [2.05, 4.69) is 30.4 Å². The lowest BCUT2D eigenvalue weighted by Gasteiger charge is -2.31. The Morgan fingerprint density at radius 3 is 2.63 bits per heavy atom. The molecular formula is C18H27N. The molecule has 3 rings (SSSR count). The SMILES string of the molecule is CCNC(c1ccc2c(c1)CCC2)C1CCCCC1. The second-order valence-electron chi connectivity index (χ2n) is 6.32. The van der Waals surface area contributed by atoms with Crippen LogP contribution in [0.15, 0.2) is 18.2 Å². The highest BCUT2D eigenvalue weighted by Gasteiger charge is 2.25. The largest absolute Gasteiger partial charge is 0.310 e. The zero-order valence-corrected chi connectivity index (χ0v) is 12.3. The lowest BCUT2D eigenvalue weighted by Crippen LogP contribution is -2.29. The Morgan fingerprint density at radius 1 is 1.05 bits per heavy atom. The monoisotopic (exact) mass is 257 g/mol. The summed E-state index contributed by atoms with van der Waals surface area (Å²) in [6.45, 7) is 3.32. The number of aryl methyl sites for hydroxylation is 2. The lowest BCUT2D eigenvalue weighted by atomic mass is 9.80. The highest BCUT2D eigenvalue weighted by Crippen LogP contribution is 2.36. The molecule has 0 spiro atoms. The maximum atomic E-state index is 3.76. The van der Waals surface area contributed by atoms with E-state index in [-0.39, 0.29) is 0 Å². The Morgan fingerprint density at radius 2 is 1.84 bits per heavy atom.